The fraction of sp³-hybridized carbons (Fsp3) is 0.467. The number of hydrogen-bond acceptors (Lipinski definition) is 13. The molecule has 0 spiro atoms. The van der Waals surface area contributed by atoms with Gasteiger partial charge in [0.15, 0.2) is 21.2 Å². The zero-order chi connectivity index (χ0) is 34.3. The van der Waals surface area contributed by atoms with Crippen molar-refractivity contribution in [3.8, 4) is 11.6 Å². The number of ether oxygens (including phenoxy) is 3. The second-order valence-electron chi connectivity index (χ2n) is 12.6. The van der Waals surface area contributed by atoms with Crippen LogP contribution in [0.15, 0.2) is 42.5 Å². The quantitative estimate of drug-likeness (QED) is 0.0737. The van der Waals surface area contributed by atoms with Gasteiger partial charge in [0.1, 0.15) is 29.6 Å². The van der Waals surface area contributed by atoms with E-state index in [2.05, 4.69) is 20.0 Å². The lowest BCUT2D eigenvalue weighted by molar-refractivity contribution is -0.148. The highest BCUT2D eigenvalue weighted by atomic mass is 127. The Balaban J connectivity index is 1.42. The van der Waals surface area contributed by atoms with E-state index in [9.17, 15) is 19.6 Å². The first kappa shape index (κ1) is 35.2. The summed E-state index contributed by atoms with van der Waals surface area (Å²) in [4.78, 5) is 25.6. The van der Waals surface area contributed by atoms with E-state index in [1.54, 1.807) is 24.3 Å². The number of aliphatic hydroxyl groups excluding tert-OH is 1. The molecule has 254 valence electrons. The van der Waals surface area contributed by atoms with Gasteiger partial charge < -0.3 is 34.7 Å². The summed E-state index contributed by atoms with van der Waals surface area (Å²) in [6.07, 6.45) is -4.00. The highest BCUT2D eigenvalue weighted by Crippen LogP contribution is 2.49. The van der Waals surface area contributed by atoms with Crippen LogP contribution in [0.3, 0.4) is 0 Å². The highest BCUT2D eigenvalue weighted by Gasteiger charge is 2.55. The van der Waals surface area contributed by atoms with Crippen molar-refractivity contribution in [2.24, 2.45) is 5.41 Å². The largest absolute Gasteiger partial charge is 0.479 e. The zero-order valence-corrected chi connectivity index (χ0v) is 29.8. The summed E-state index contributed by atoms with van der Waals surface area (Å²) in [6.45, 7) is 8.21. The molecule has 47 heavy (non-hydrogen) atoms. The van der Waals surface area contributed by atoms with Crippen molar-refractivity contribution in [3.05, 3.63) is 46.3 Å². The minimum absolute atomic E-state index is 0.0993. The number of methoxy groups -OCH3 is 1. The van der Waals surface area contributed by atoms with Gasteiger partial charge in [0.2, 0.25) is 11.8 Å². The van der Waals surface area contributed by atoms with E-state index in [0.29, 0.717) is 9.22 Å². The maximum Gasteiger partial charge on any atom is 0.459 e. The molecule has 15 nitrogen and oxygen atoms in total. The van der Waals surface area contributed by atoms with Crippen LogP contribution < -0.4 is 20.1 Å². The summed E-state index contributed by atoms with van der Waals surface area (Å²) in [5.74, 6) is -0.408. The molecular formula is C30H38IN6O9P. The van der Waals surface area contributed by atoms with E-state index in [4.69, 9.17) is 29.0 Å². The molecule has 4 aromatic rings. The van der Waals surface area contributed by atoms with E-state index in [1.165, 1.54) is 25.5 Å². The van der Waals surface area contributed by atoms with Crippen molar-refractivity contribution in [3.63, 3.8) is 0 Å². The number of fused-ring (bicyclic) bond motifs is 2. The normalized spacial score (nSPS) is 23.5. The molecule has 0 bridgehead atoms. The average molecular weight is 785 g/mol. The smallest absolute Gasteiger partial charge is 0.459 e. The van der Waals surface area contributed by atoms with E-state index in [-0.39, 0.29) is 40.8 Å². The lowest BCUT2D eigenvalue weighted by atomic mass is 9.96. The van der Waals surface area contributed by atoms with Crippen molar-refractivity contribution in [2.45, 2.75) is 64.7 Å². The van der Waals surface area contributed by atoms with Crippen LogP contribution in [0, 0.1) is 9.25 Å². The number of aromatic nitrogens is 4. The Labute approximate surface area is 284 Å². The van der Waals surface area contributed by atoms with Crippen molar-refractivity contribution in [1.82, 2.24) is 24.6 Å². The SMILES string of the molecule is COc1nc(N)nc2c1nc(I)n2C1O[C@H](COP(=O)(N[C@@H](C)C(=O)OCC(C)(C)C)Oc2cccc3ccccc23)[C@@H](O)[C@@]1(C)O. The summed E-state index contributed by atoms with van der Waals surface area (Å²) >= 11 is 1.93. The Morgan fingerprint density at radius 2 is 1.91 bits per heavy atom. The maximum absolute atomic E-state index is 14.4. The average Bonchev–Trinajstić information content (AvgIpc) is 3.44. The van der Waals surface area contributed by atoms with E-state index in [1.807, 2.05) is 61.6 Å². The second-order valence-corrected chi connectivity index (χ2v) is 15.3. The van der Waals surface area contributed by atoms with Gasteiger partial charge in [-0.1, -0.05) is 57.2 Å². The van der Waals surface area contributed by atoms with Gasteiger partial charge >= 0.3 is 13.7 Å². The molecule has 5 N–H and O–H groups in total. The summed E-state index contributed by atoms with van der Waals surface area (Å²) in [5, 5.41) is 26.9. The molecule has 2 aromatic heterocycles. The third kappa shape index (κ3) is 7.48. The number of carbonyl (C=O) groups is 1. The van der Waals surface area contributed by atoms with Gasteiger partial charge in [-0.25, -0.2) is 9.55 Å². The maximum atomic E-state index is 14.4. The van der Waals surface area contributed by atoms with Crippen molar-refractivity contribution >= 4 is 64.2 Å². The van der Waals surface area contributed by atoms with Crippen molar-refractivity contribution < 1.29 is 42.8 Å². The van der Waals surface area contributed by atoms with Crippen molar-refractivity contribution in [1.29, 1.82) is 0 Å². The van der Waals surface area contributed by atoms with Crippen LogP contribution in [0.5, 0.6) is 11.6 Å². The molecule has 1 fully saturated rings. The standard InChI is InChI=1S/C30H38IN6O9P/c1-16(25(39)43-15-29(2,3)4)36-47(41,46-19-13-9-11-17-10-7-8-12-18(17)19)44-14-20-22(38)30(5,40)26(45-20)37-23-21(33-27(37)31)24(42-6)35-28(32)34-23/h7-13,16,20,22,26,38,40H,14-15H2,1-6H3,(H,36,41)(H2,32,34,35)/t16-,20+,22+,26?,30+,47?/m0/s1. The summed E-state index contributed by atoms with van der Waals surface area (Å²) < 4.78 is 44.9. The molecule has 2 aromatic carbocycles. The number of halogens is 1. The van der Waals surface area contributed by atoms with Gasteiger partial charge in [0.25, 0.3) is 0 Å². The molecule has 0 amide bonds. The first-order valence-corrected chi connectivity index (χ1v) is 17.3. The fourth-order valence-corrected chi connectivity index (χ4v) is 7.25. The molecule has 0 aliphatic carbocycles. The number of imidazole rings is 1. The molecular weight excluding hydrogens is 746 g/mol. The number of esters is 1. The van der Waals surface area contributed by atoms with Gasteiger partial charge in [-0.3, -0.25) is 13.9 Å². The number of nitrogens with two attached hydrogens (primary N) is 1. The lowest BCUT2D eigenvalue weighted by Crippen LogP contribution is -2.45. The molecule has 1 aliphatic heterocycles. The molecule has 17 heteroatoms. The van der Waals surface area contributed by atoms with Crippen LogP contribution in [0.25, 0.3) is 21.9 Å². The first-order chi connectivity index (χ1) is 22.0. The number of hydrogen-bond donors (Lipinski definition) is 4. The number of benzene rings is 2. The Hall–Kier alpha value is -3.12. The summed E-state index contributed by atoms with van der Waals surface area (Å²) in [6, 6.07) is 11.4. The number of nitrogens with zero attached hydrogens (tertiary/aromatic N) is 4. The third-order valence-corrected chi connectivity index (χ3v) is 9.78. The second kappa shape index (κ2) is 13.4. The van der Waals surface area contributed by atoms with Crippen LogP contribution in [-0.4, -0.2) is 79.9 Å². The predicted molar refractivity (Wildman–Crippen MR) is 181 cm³/mol. The van der Waals surface area contributed by atoms with Crippen LogP contribution in [0.4, 0.5) is 5.95 Å². The molecule has 0 saturated carbocycles. The molecule has 5 rings (SSSR count). The molecule has 6 atom stereocenters. The minimum atomic E-state index is -4.38. The van der Waals surface area contributed by atoms with Gasteiger partial charge in [0.05, 0.1) is 20.3 Å². The lowest BCUT2D eigenvalue weighted by Gasteiger charge is -2.28. The number of anilines is 1. The first-order valence-electron chi connectivity index (χ1n) is 14.7. The van der Waals surface area contributed by atoms with Crippen LogP contribution in [-0.2, 0) is 23.4 Å². The highest BCUT2D eigenvalue weighted by molar-refractivity contribution is 14.1. The van der Waals surface area contributed by atoms with Gasteiger partial charge in [-0.15, -0.1) is 0 Å². The van der Waals surface area contributed by atoms with Crippen LogP contribution in [0.1, 0.15) is 40.8 Å². The Morgan fingerprint density at radius 3 is 2.62 bits per heavy atom. The number of nitrogen functional groups attached to an aromatic ring is 1. The fourth-order valence-electron chi connectivity index (χ4n) is 5.01. The third-order valence-electron chi connectivity index (χ3n) is 7.39. The molecule has 2 unspecified atom stereocenters. The summed E-state index contributed by atoms with van der Waals surface area (Å²) in [5.41, 5.74) is 4.16. The summed E-state index contributed by atoms with van der Waals surface area (Å²) in [7, 11) is -2.98. The predicted octanol–water partition coefficient (Wildman–Crippen LogP) is 3.96. The number of nitrogens with one attached hydrogen (secondary N) is 1. The van der Waals surface area contributed by atoms with Crippen LogP contribution in [0.2, 0.25) is 0 Å². The molecule has 3 heterocycles. The number of carbonyl (C=O) groups excluding carboxylic acids is 1. The topological polar surface area (TPSA) is 202 Å². The number of aliphatic hydroxyl groups is 2. The van der Waals surface area contributed by atoms with E-state index >= 15 is 0 Å². The Bertz CT molecular complexity index is 1830. The molecule has 0 radical (unpaired) electrons. The number of rotatable bonds is 11. The van der Waals surface area contributed by atoms with Gasteiger partial charge in [0, 0.05) is 28.0 Å². The Kier molecular flexibility index (Phi) is 10.0. The zero-order valence-electron chi connectivity index (χ0n) is 26.7. The Morgan fingerprint density at radius 1 is 1.21 bits per heavy atom. The van der Waals surface area contributed by atoms with Gasteiger partial charge in [-0.2, -0.15) is 15.1 Å². The molecule has 1 aliphatic rings. The van der Waals surface area contributed by atoms with Crippen molar-refractivity contribution in [2.75, 3.05) is 26.1 Å². The van der Waals surface area contributed by atoms with Crippen LogP contribution >= 0.6 is 30.3 Å². The minimum Gasteiger partial charge on any atom is -0.479 e. The van der Waals surface area contributed by atoms with Gasteiger partial charge in [-0.05, 0) is 30.7 Å². The van der Waals surface area contributed by atoms with E-state index < -0.39 is 50.4 Å². The molecule has 1 saturated heterocycles. The van der Waals surface area contributed by atoms with E-state index in [0.717, 1.165) is 5.39 Å². The monoisotopic (exact) mass is 784 g/mol.